The Hall–Kier alpha value is -0.860. The van der Waals surface area contributed by atoms with Crippen LogP contribution < -0.4 is 5.43 Å². The molecule has 9 heavy (non-hydrogen) atoms. The van der Waals surface area contributed by atoms with Crippen LogP contribution in [0.25, 0.3) is 0 Å². The van der Waals surface area contributed by atoms with Gasteiger partial charge in [-0.1, -0.05) is 6.92 Å². The molecule has 0 rings (SSSR count). The van der Waals surface area contributed by atoms with Gasteiger partial charge in [0.05, 0.1) is 0 Å². The standard InChI is InChI=1S/C6H12N2O/c1-4-5(2)7-8-6(3)9/h4H2,1-3H3,(H,8,9). The zero-order chi connectivity index (χ0) is 7.28. The van der Waals surface area contributed by atoms with Crippen molar-refractivity contribution in [3.05, 3.63) is 0 Å². The fourth-order valence-corrected chi connectivity index (χ4v) is 0.253. The third-order valence-electron chi connectivity index (χ3n) is 0.916. The summed E-state index contributed by atoms with van der Waals surface area (Å²) in [6, 6.07) is 0. The number of hydrazone groups is 1. The Morgan fingerprint density at radius 1 is 1.56 bits per heavy atom. The van der Waals surface area contributed by atoms with Gasteiger partial charge in [0, 0.05) is 12.6 Å². The van der Waals surface area contributed by atoms with Crippen LogP contribution in [0.4, 0.5) is 0 Å². The lowest BCUT2D eigenvalue weighted by Gasteiger charge is -1.93. The highest BCUT2D eigenvalue weighted by Crippen LogP contribution is 1.79. The van der Waals surface area contributed by atoms with Crippen molar-refractivity contribution in [1.29, 1.82) is 0 Å². The third kappa shape index (κ3) is 5.00. The summed E-state index contributed by atoms with van der Waals surface area (Å²) in [5.41, 5.74) is 3.28. The largest absolute Gasteiger partial charge is 0.274 e. The Morgan fingerprint density at radius 2 is 2.11 bits per heavy atom. The monoisotopic (exact) mass is 128 g/mol. The van der Waals surface area contributed by atoms with E-state index in [1.807, 2.05) is 13.8 Å². The van der Waals surface area contributed by atoms with E-state index >= 15 is 0 Å². The van der Waals surface area contributed by atoms with Crippen molar-refractivity contribution in [3.63, 3.8) is 0 Å². The maximum atomic E-state index is 10.2. The highest BCUT2D eigenvalue weighted by Gasteiger charge is 1.86. The summed E-state index contributed by atoms with van der Waals surface area (Å²) in [7, 11) is 0. The molecule has 3 heteroatoms. The van der Waals surface area contributed by atoms with Crippen molar-refractivity contribution in [2.24, 2.45) is 5.10 Å². The van der Waals surface area contributed by atoms with E-state index in [0.29, 0.717) is 0 Å². The van der Waals surface area contributed by atoms with Crippen LogP contribution in [-0.2, 0) is 4.79 Å². The molecule has 52 valence electrons. The lowest BCUT2D eigenvalue weighted by molar-refractivity contribution is -0.118. The van der Waals surface area contributed by atoms with Crippen LogP contribution in [0.1, 0.15) is 27.2 Å². The fraction of sp³-hybridized carbons (Fsp3) is 0.667. The highest BCUT2D eigenvalue weighted by molar-refractivity contribution is 5.83. The topological polar surface area (TPSA) is 41.5 Å². The van der Waals surface area contributed by atoms with Gasteiger partial charge in [0.15, 0.2) is 0 Å². The van der Waals surface area contributed by atoms with E-state index in [0.717, 1.165) is 12.1 Å². The number of hydrogen-bond donors (Lipinski definition) is 1. The molecular formula is C6H12N2O. The molecular weight excluding hydrogens is 116 g/mol. The zero-order valence-electron chi connectivity index (χ0n) is 6.06. The molecule has 0 aliphatic heterocycles. The van der Waals surface area contributed by atoms with Crippen LogP contribution in [0.3, 0.4) is 0 Å². The first-order valence-corrected chi connectivity index (χ1v) is 2.96. The fourth-order valence-electron chi connectivity index (χ4n) is 0.253. The molecule has 1 N–H and O–H groups in total. The van der Waals surface area contributed by atoms with E-state index < -0.39 is 0 Å². The molecule has 0 saturated heterocycles. The van der Waals surface area contributed by atoms with Gasteiger partial charge in [0.25, 0.3) is 0 Å². The quantitative estimate of drug-likeness (QED) is 0.436. The first kappa shape index (κ1) is 8.14. The van der Waals surface area contributed by atoms with Crippen LogP contribution in [0.2, 0.25) is 0 Å². The molecule has 0 aromatic heterocycles. The molecule has 0 atom stereocenters. The van der Waals surface area contributed by atoms with Gasteiger partial charge < -0.3 is 0 Å². The van der Waals surface area contributed by atoms with Crippen LogP contribution >= 0.6 is 0 Å². The molecule has 1 amide bonds. The van der Waals surface area contributed by atoms with E-state index in [4.69, 9.17) is 0 Å². The summed E-state index contributed by atoms with van der Waals surface area (Å²) < 4.78 is 0. The van der Waals surface area contributed by atoms with Gasteiger partial charge in [-0.2, -0.15) is 5.10 Å². The van der Waals surface area contributed by atoms with Crippen LogP contribution in [0, 0.1) is 0 Å². The summed E-state index contributed by atoms with van der Waals surface area (Å²) in [5, 5.41) is 3.76. The predicted octanol–water partition coefficient (Wildman–Crippen LogP) is 0.908. The number of amides is 1. The molecule has 0 aliphatic carbocycles. The maximum Gasteiger partial charge on any atom is 0.236 e. The molecule has 0 saturated carbocycles. The summed E-state index contributed by atoms with van der Waals surface area (Å²) in [6.07, 6.45) is 0.875. The normalized spacial score (nSPS) is 11.2. The second kappa shape index (κ2) is 4.06. The number of nitrogens with one attached hydrogen (secondary N) is 1. The van der Waals surface area contributed by atoms with E-state index in [-0.39, 0.29) is 5.91 Å². The zero-order valence-corrected chi connectivity index (χ0v) is 6.06. The summed E-state index contributed by atoms with van der Waals surface area (Å²) in [6.45, 7) is 5.29. The van der Waals surface area contributed by atoms with Crippen LogP contribution in [-0.4, -0.2) is 11.6 Å². The molecule has 0 aromatic carbocycles. The SMILES string of the molecule is CCC(C)=NNC(C)=O. The van der Waals surface area contributed by atoms with E-state index in [2.05, 4.69) is 10.5 Å². The van der Waals surface area contributed by atoms with Crippen molar-refractivity contribution in [2.75, 3.05) is 0 Å². The van der Waals surface area contributed by atoms with Gasteiger partial charge >= 0.3 is 0 Å². The van der Waals surface area contributed by atoms with Crippen molar-refractivity contribution in [2.45, 2.75) is 27.2 Å². The first-order chi connectivity index (χ1) is 4.16. The highest BCUT2D eigenvalue weighted by atomic mass is 16.2. The molecule has 3 nitrogen and oxygen atoms in total. The van der Waals surface area contributed by atoms with Gasteiger partial charge in [-0.05, 0) is 13.3 Å². The minimum absolute atomic E-state index is 0.122. The number of rotatable bonds is 2. The average Bonchev–Trinajstić information content (AvgIpc) is 1.83. The minimum atomic E-state index is -0.122. The number of carbonyl (C=O) groups excluding carboxylic acids is 1. The Labute approximate surface area is 55.1 Å². The second-order valence-electron chi connectivity index (χ2n) is 1.87. The number of hydrogen-bond acceptors (Lipinski definition) is 2. The van der Waals surface area contributed by atoms with Gasteiger partial charge in [-0.3, -0.25) is 4.79 Å². The molecule has 0 bridgehead atoms. The van der Waals surface area contributed by atoms with Gasteiger partial charge in [-0.25, -0.2) is 5.43 Å². The maximum absolute atomic E-state index is 10.2. The van der Waals surface area contributed by atoms with Gasteiger partial charge in [-0.15, -0.1) is 0 Å². The van der Waals surface area contributed by atoms with Crippen molar-refractivity contribution in [1.82, 2.24) is 5.43 Å². The molecule has 0 aromatic rings. The third-order valence-corrected chi connectivity index (χ3v) is 0.916. The number of nitrogens with zero attached hydrogens (tertiary/aromatic N) is 1. The predicted molar refractivity (Wildman–Crippen MR) is 37.2 cm³/mol. The molecule has 0 spiro atoms. The van der Waals surface area contributed by atoms with Crippen LogP contribution in [0.15, 0.2) is 5.10 Å². The van der Waals surface area contributed by atoms with Crippen molar-refractivity contribution < 1.29 is 4.79 Å². The van der Waals surface area contributed by atoms with E-state index in [1.165, 1.54) is 6.92 Å². The summed E-state index contributed by atoms with van der Waals surface area (Å²) in [5.74, 6) is -0.122. The second-order valence-corrected chi connectivity index (χ2v) is 1.87. The Morgan fingerprint density at radius 3 is 2.44 bits per heavy atom. The lowest BCUT2D eigenvalue weighted by Crippen LogP contribution is -2.14. The minimum Gasteiger partial charge on any atom is -0.274 e. The van der Waals surface area contributed by atoms with E-state index in [1.54, 1.807) is 0 Å². The Kier molecular flexibility index (Phi) is 3.67. The van der Waals surface area contributed by atoms with Gasteiger partial charge in [0.2, 0.25) is 5.91 Å². The number of carbonyl (C=O) groups is 1. The first-order valence-electron chi connectivity index (χ1n) is 2.96. The Balaban J connectivity index is 3.56. The summed E-state index contributed by atoms with van der Waals surface area (Å²) >= 11 is 0. The molecule has 0 radical (unpaired) electrons. The smallest absolute Gasteiger partial charge is 0.236 e. The Bertz CT molecular complexity index is 129. The van der Waals surface area contributed by atoms with Crippen molar-refractivity contribution in [3.8, 4) is 0 Å². The average molecular weight is 128 g/mol. The lowest BCUT2D eigenvalue weighted by atomic mass is 10.3. The molecule has 0 heterocycles. The van der Waals surface area contributed by atoms with Crippen LogP contribution in [0.5, 0.6) is 0 Å². The van der Waals surface area contributed by atoms with Crippen molar-refractivity contribution >= 4 is 11.6 Å². The molecule has 0 aliphatic rings. The molecule has 0 fully saturated rings. The van der Waals surface area contributed by atoms with Gasteiger partial charge in [0.1, 0.15) is 0 Å². The molecule has 0 unspecified atom stereocenters. The summed E-state index contributed by atoms with van der Waals surface area (Å²) in [4.78, 5) is 10.2. The van der Waals surface area contributed by atoms with E-state index in [9.17, 15) is 4.79 Å².